The van der Waals surface area contributed by atoms with Gasteiger partial charge in [-0.25, -0.2) is 0 Å². The summed E-state index contributed by atoms with van der Waals surface area (Å²) in [4.78, 5) is 39.0. The number of anilines is 3. The van der Waals surface area contributed by atoms with Gasteiger partial charge in [0.2, 0.25) is 17.7 Å². The minimum absolute atomic E-state index is 0.0246. The van der Waals surface area contributed by atoms with Gasteiger partial charge >= 0.3 is 0 Å². The van der Waals surface area contributed by atoms with Crippen molar-refractivity contribution in [3.63, 3.8) is 0 Å². The molecule has 2 aromatic carbocycles. The van der Waals surface area contributed by atoms with E-state index < -0.39 is 5.92 Å². The quantitative estimate of drug-likeness (QED) is 0.712. The highest BCUT2D eigenvalue weighted by molar-refractivity contribution is 9.10. The summed E-state index contributed by atoms with van der Waals surface area (Å²) in [6, 6.07) is 13.0. The van der Waals surface area contributed by atoms with Gasteiger partial charge in [0, 0.05) is 34.7 Å². The average molecular weight is 456 g/mol. The maximum Gasteiger partial charge on any atom is 0.229 e. The van der Waals surface area contributed by atoms with E-state index in [2.05, 4.69) is 26.6 Å². The third-order valence-electron chi connectivity index (χ3n) is 5.35. The minimum Gasteiger partial charge on any atom is -0.326 e. The van der Waals surface area contributed by atoms with Crippen LogP contribution < -0.4 is 15.5 Å². The Balaban J connectivity index is 1.45. The molecular formula is C22H22BrN3O3. The minimum atomic E-state index is -0.432. The van der Waals surface area contributed by atoms with Gasteiger partial charge in [-0.15, -0.1) is 0 Å². The van der Waals surface area contributed by atoms with Crippen LogP contribution in [-0.4, -0.2) is 24.3 Å². The number of carbonyl (C=O) groups excluding carboxylic acids is 3. The molecule has 6 nitrogen and oxygen atoms in total. The van der Waals surface area contributed by atoms with Gasteiger partial charge in [-0.2, -0.15) is 0 Å². The summed E-state index contributed by atoms with van der Waals surface area (Å²) in [5, 5.41) is 5.84. The molecule has 1 atom stereocenters. The number of rotatable bonds is 5. The first-order valence-electron chi connectivity index (χ1n) is 9.69. The summed E-state index contributed by atoms with van der Waals surface area (Å²) >= 11 is 3.47. The number of amides is 3. The maximum absolute atomic E-state index is 12.8. The van der Waals surface area contributed by atoms with Crippen LogP contribution in [0.5, 0.6) is 0 Å². The summed E-state index contributed by atoms with van der Waals surface area (Å²) in [6.45, 7) is 2.24. The second-order valence-electron chi connectivity index (χ2n) is 7.64. The summed E-state index contributed by atoms with van der Waals surface area (Å²) in [5.74, 6) is -0.557. The fourth-order valence-electron chi connectivity index (χ4n) is 3.45. The van der Waals surface area contributed by atoms with Crippen molar-refractivity contribution in [1.29, 1.82) is 0 Å². The van der Waals surface area contributed by atoms with Crippen molar-refractivity contribution in [1.82, 2.24) is 0 Å². The fourth-order valence-corrected chi connectivity index (χ4v) is 3.94. The van der Waals surface area contributed by atoms with E-state index in [9.17, 15) is 14.4 Å². The standard InChI is InChI=1S/C22H22BrN3O3/c1-13-6-9-16(24-21(28)14-7-8-14)11-18(13)25-22(29)15-10-20(27)26(12-15)19-5-3-2-4-17(19)23/h2-6,9,11,14-15H,7-8,10,12H2,1H3,(H,24,28)(H,25,29). The molecule has 0 bridgehead atoms. The highest BCUT2D eigenvalue weighted by Crippen LogP contribution is 2.33. The highest BCUT2D eigenvalue weighted by atomic mass is 79.9. The van der Waals surface area contributed by atoms with Gasteiger partial charge in [0.15, 0.2) is 0 Å². The van der Waals surface area contributed by atoms with Crippen LogP contribution in [-0.2, 0) is 14.4 Å². The van der Waals surface area contributed by atoms with Crippen LogP contribution >= 0.6 is 15.9 Å². The molecule has 1 aliphatic heterocycles. The first kappa shape index (κ1) is 19.6. The molecule has 4 rings (SSSR count). The number of aryl methyl sites for hydroxylation is 1. The SMILES string of the molecule is Cc1ccc(NC(=O)C2CC2)cc1NC(=O)C1CC(=O)N(c2ccccc2Br)C1. The molecule has 29 heavy (non-hydrogen) atoms. The maximum atomic E-state index is 12.8. The molecule has 1 unspecified atom stereocenters. The van der Waals surface area contributed by atoms with Gasteiger partial charge in [0.1, 0.15) is 0 Å². The predicted molar refractivity (Wildman–Crippen MR) is 116 cm³/mol. The van der Waals surface area contributed by atoms with Crippen molar-refractivity contribution in [2.24, 2.45) is 11.8 Å². The van der Waals surface area contributed by atoms with Crippen molar-refractivity contribution in [3.8, 4) is 0 Å². The lowest BCUT2D eigenvalue weighted by molar-refractivity contribution is -0.122. The van der Waals surface area contributed by atoms with Crippen molar-refractivity contribution in [2.75, 3.05) is 22.1 Å². The van der Waals surface area contributed by atoms with E-state index in [1.165, 1.54) is 0 Å². The van der Waals surface area contributed by atoms with Crippen LogP contribution in [0.2, 0.25) is 0 Å². The molecule has 2 N–H and O–H groups in total. The largest absolute Gasteiger partial charge is 0.326 e. The van der Waals surface area contributed by atoms with E-state index in [-0.39, 0.29) is 30.1 Å². The third-order valence-corrected chi connectivity index (χ3v) is 6.02. The van der Waals surface area contributed by atoms with Crippen LogP contribution in [0.25, 0.3) is 0 Å². The van der Waals surface area contributed by atoms with Crippen LogP contribution in [0.1, 0.15) is 24.8 Å². The van der Waals surface area contributed by atoms with E-state index in [1.807, 2.05) is 43.3 Å². The summed E-state index contributed by atoms with van der Waals surface area (Å²) < 4.78 is 0.823. The lowest BCUT2D eigenvalue weighted by atomic mass is 10.1. The molecule has 1 saturated carbocycles. The zero-order chi connectivity index (χ0) is 20.5. The molecular weight excluding hydrogens is 434 g/mol. The van der Waals surface area contributed by atoms with Crippen LogP contribution in [0.15, 0.2) is 46.9 Å². The summed E-state index contributed by atoms with van der Waals surface area (Å²) in [7, 11) is 0. The third kappa shape index (κ3) is 4.34. The second-order valence-corrected chi connectivity index (χ2v) is 8.49. The zero-order valence-corrected chi connectivity index (χ0v) is 17.7. The molecule has 3 amide bonds. The van der Waals surface area contributed by atoms with Gasteiger partial charge in [0.05, 0.1) is 11.6 Å². The molecule has 0 aromatic heterocycles. The highest BCUT2D eigenvalue weighted by Gasteiger charge is 2.36. The number of benzene rings is 2. The first-order chi connectivity index (χ1) is 13.9. The Kier molecular flexibility index (Phi) is 5.41. The van der Waals surface area contributed by atoms with Crippen molar-refractivity contribution < 1.29 is 14.4 Å². The Bertz CT molecular complexity index is 987. The molecule has 7 heteroatoms. The zero-order valence-electron chi connectivity index (χ0n) is 16.1. The Morgan fingerprint density at radius 1 is 1.03 bits per heavy atom. The number of nitrogens with one attached hydrogen (secondary N) is 2. The van der Waals surface area contributed by atoms with E-state index in [1.54, 1.807) is 11.0 Å². The van der Waals surface area contributed by atoms with Gasteiger partial charge in [-0.1, -0.05) is 18.2 Å². The lowest BCUT2D eigenvalue weighted by Gasteiger charge is -2.18. The smallest absolute Gasteiger partial charge is 0.229 e. The molecule has 0 radical (unpaired) electrons. The van der Waals surface area contributed by atoms with Crippen LogP contribution in [0, 0.1) is 18.8 Å². The number of halogens is 1. The summed E-state index contributed by atoms with van der Waals surface area (Å²) in [6.07, 6.45) is 2.04. The predicted octanol–water partition coefficient (Wildman–Crippen LogP) is 4.10. The number of hydrogen-bond donors (Lipinski definition) is 2. The average Bonchev–Trinajstić information content (AvgIpc) is 3.47. The van der Waals surface area contributed by atoms with Crippen LogP contribution in [0.4, 0.5) is 17.1 Å². The molecule has 2 aromatic rings. The molecule has 1 saturated heterocycles. The Morgan fingerprint density at radius 3 is 2.48 bits per heavy atom. The number of carbonyl (C=O) groups is 3. The van der Waals surface area contributed by atoms with E-state index in [4.69, 9.17) is 0 Å². The van der Waals surface area contributed by atoms with Gasteiger partial charge in [0.25, 0.3) is 0 Å². The molecule has 150 valence electrons. The molecule has 2 fully saturated rings. The van der Waals surface area contributed by atoms with Gasteiger partial charge in [-0.05, 0) is 65.5 Å². The van der Waals surface area contributed by atoms with E-state index in [0.717, 1.165) is 28.6 Å². The van der Waals surface area contributed by atoms with E-state index in [0.29, 0.717) is 17.9 Å². The Morgan fingerprint density at radius 2 is 1.76 bits per heavy atom. The second kappa shape index (κ2) is 7.99. The van der Waals surface area contributed by atoms with Crippen molar-refractivity contribution in [3.05, 3.63) is 52.5 Å². The first-order valence-corrected chi connectivity index (χ1v) is 10.5. The van der Waals surface area contributed by atoms with Gasteiger partial charge < -0.3 is 15.5 Å². The molecule has 2 aliphatic rings. The van der Waals surface area contributed by atoms with E-state index >= 15 is 0 Å². The van der Waals surface area contributed by atoms with Crippen molar-refractivity contribution >= 4 is 50.7 Å². The number of para-hydroxylation sites is 1. The monoisotopic (exact) mass is 455 g/mol. The lowest BCUT2D eigenvalue weighted by Crippen LogP contribution is -2.28. The van der Waals surface area contributed by atoms with Crippen molar-refractivity contribution in [2.45, 2.75) is 26.2 Å². The topological polar surface area (TPSA) is 78.5 Å². The summed E-state index contributed by atoms with van der Waals surface area (Å²) in [5.41, 5.74) is 2.99. The molecule has 0 spiro atoms. The molecule has 1 heterocycles. The fraction of sp³-hybridized carbons (Fsp3) is 0.318. The van der Waals surface area contributed by atoms with Crippen LogP contribution in [0.3, 0.4) is 0 Å². The molecule has 1 aliphatic carbocycles. The van der Waals surface area contributed by atoms with Gasteiger partial charge in [-0.3, -0.25) is 14.4 Å². The number of nitrogens with zero attached hydrogens (tertiary/aromatic N) is 1. The Labute approximate surface area is 177 Å². The Hall–Kier alpha value is -2.67. The normalized spacial score (nSPS) is 18.6. The number of hydrogen-bond acceptors (Lipinski definition) is 3.